The molecule has 1 fully saturated rings. The predicted molar refractivity (Wildman–Crippen MR) is 99.1 cm³/mol. The Morgan fingerprint density at radius 2 is 1.52 bits per heavy atom. The van der Waals surface area contributed by atoms with Gasteiger partial charge in [-0.05, 0) is 36.8 Å². The van der Waals surface area contributed by atoms with E-state index < -0.39 is 11.6 Å². The van der Waals surface area contributed by atoms with Crippen LogP contribution >= 0.6 is 0 Å². The molecule has 0 spiro atoms. The molecule has 27 heavy (non-hydrogen) atoms. The van der Waals surface area contributed by atoms with E-state index in [1.807, 2.05) is 31.2 Å². The zero-order chi connectivity index (χ0) is 19.4. The van der Waals surface area contributed by atoms with Crippen molar-refractivity contribution in [3.8, 4) is 0 Å². The van der Waals surface area contributed by atoms with Crippen molar-refractivity contribution < 1.29 is 18.4 Å². The summed E-state index contributed by atoms with van der Waals surface area (Å²) in [7, 11) is 0. The summed E-state index contributed by atoms with van der Waals surface area (Å²) in [6.07, 6.45) is 3.29. The molecule has 0 unspecified atom stereocenters. The van der Waals surface area contributed by atoms with Crippen LogP contribution in [0.3, 0.4) is 0 Å². The largest absolute Gasteiger partial charge is 0.336 e. The second-order valence-electron chi connectivity index (χ2n) is 6.49. The molecule has 1 aliphatic heterocycles. The minimum atomic E-state index is -1.05. The number of rotatable bonds is 3. The van der Waals surface area contributed by atoms with E-state index in [4.69, 9.17) is 0 Å². The Balaban J connectivity index is 1.56. The van der Waals surface area contributed by atoms with Gasteiger partial charge in [0.1, 0.15) is 0 Å². The standard InChI is InChI=1S/C21H20F2N2O2/c1-15-2-4-16(5-3-15)6-9-20(26)24-10-12-25(13-11-24)21(27)17-7-8-18(22)19(23)14-17/h2-9,14H,10-13H2,1H3/b9-6+. The Morgan fingerprint density at radius 3 is 2.15 bits per heavy atom. The molecule has 1 aliphatic rings. The molecule has 0 aliphatic carbocycles. The van der Waals surface area contributed by atoms with Gasteiger partial charge < -0.3 is 9.80 Å². The van der Waals surface area contributed by atoms with E-state index in [9.17, 15) is 18.4 Å². The highest BCUT2D eigenvalue weighted by molar-refractivity contribution is 5.95. The van der Waals surface area contributed by atoms with E-state index >= 15 is 0 Å². The number of hydrogen-bond acceptors (Lipinski definition) is 2. The van der Waals surface area contributed by atoms with Crippen molar-refractivity contribution in [3.63, 3.8) is 0 Å². The third-order valence-electron chi connectivity index (χ3n) is 4.54. The molecule has 0 saturated carbocycles. The van der Waals surface area contributed by atoms with Gasteiger partial charge in [-0.1, -0.05) is 29.8 Å². The van der Waals surface area contributed by atoms with Gasteiger partial charge in [-0.2, -0.15) is 0 Å². The van der Waals surface area contributed by atoms with Crippen LogP contribution < -0.4 is 0 Å². The Labute approximate surface area is 156 Å². The van der Waals surface area contributed by atoms with Crippen LogP contribution in [0.15, 0.2) is 48.5 Å². The average Bonchev–Trinajstić information content (AvgIpc) is 2.69. The zero-order valence-corrected chi connectivity index (χ0v) is 15.0. The number of amides is 2. The maximum atomic E-state index is 13.3. The van der Waals surface area contributed by atoms with Gasteiger partial charge in [-0.3, -0.25) is 9.59 Å². The molecule has 0 bridgehead atoms. The Hall–Kier alpha value is -3.02. The number of benzene rings is 2. The summed E-state index contributed by atoms with van der Waals surface area (Å²) >= 11 is 0. The molecule has 0 atom stereocenters. The first-order chi connectivity index (χ1) is 12.9. The van der Waals surface area contributed by atoms with Gasteiger partial charge in [0.25, 0.3) is 5.91 Å². The van der Waals surface area contributed by atoms with Gasteiger partial charge in [-0.15, -0.1) is 0 Å². The van der Waals surface area contributed by atoms with Crippen molar-refractivity contribution in [3.05, 3.63) is 76.9 Å². The van der Waals surface area contributed by atoms with E-state index in [0.29, 0.717) is 26.2 Å². The molecular formula is C21H20F2N2O2. The van der Waals surface area contributed by atoms with Crippen molar-refractivity contribution in [1.82, 2.24) is 9.80 Å². The molecule has 6 heteroatoms. The highest BCUT2D eigenvalue weighted by atomic mass is 19.2. The van der Waals surface area contributed by atoms with Crippen LogP contribution in [0.4, 0.5) is 8.78 Å². The van der Waals surface area contributed by atoms with Gasteiger partial charge in [0.15, 0.2) is 11.6 Å². The van der Waals surface area contributed by atoms with Crippen molar-refractivity contribution in [1.29, 1.82) is 0 Å². The molecule has 4 nitrogen and oxygen atoms in total. The number of carbonyl (C=O) groups is 2. The monoisotopic (exact) mass is 370 g/mol. The second-order valence-corrected chi connectivity index (χ2v) is 6.49. The SMILES string of the molecule is Cc1ccc(/C=C/C(=O)N2CCN(C(=O)c3ccc(F)c(F)c3)CC2)cc1. The summed E-state index contributed by atoms with van der Waals surface area (Å²) < 4.78 is 26.3. The van der Waals surface area contributed by atoms with Crippen molar-refractivity contribution in [2.75, 3.05) is 26.2 Å². The number of hydrogen-bond donors (Lipinski definition) is 0. The second kappa shape index (κ2) is 8.12. The summed E-state index contributed by atoms with van der Waals surface area (Å²) in [5, 5.41) is 0. The Morgan fingerprint density at radius 1 is 0.889 bits per heavy atom. The summed E-state index contributed by atoms with van der Waals surface area (Å²) in [4.78, 5) is 27.9. The summed E-state index contributed by atoms with van der Waals surface area (Å²) in [6, 6.07) is 11.0. The highest BCUT2D eigenvalue weighted by Crippen LogP contribution is 2.13. The minimum Gasteiger partial charge on any atom is -0.336 e. The van der Waals surface area contributed by atoms with Gasteiger partial charge >= 0.3 is 0 Å². The van der Waals surface area contributed by atoms with Gasteiger partial charge in [0, 0.05) is 37.8 Å². The number of halogens is 2. The van der Waals surface area contributed by atoms with Crippen LogP contribution in [0.5, 0.6) is 0 Å². The van der Waals surface area contributed by atoms with Gasteiger partial charge in [-0.25, -0.2) is 8.78 Å². The van der Waals surface area contributed by atoms with Gasteiger partial charge in [0.05, 0.1) is 0 Å². The molecule has 1 saturated heterocycles. The lowest BCUT2D eigenvalue weighted by molar-refractivity contribution is -0.127. The van der Waals surface area contributed by atoms with E-state index in [1.165, 1.54) is 12.1 Å². The summed E-state index contributed by atoms with van der Waals surface area (Å²) in [5.41, 5.74) is 2.20. The quantitative estimate of drug-likeness (QED) is 0.778. The first-order valence-corrected chi connectivity index (χ1v) is 8.72. The number of nitrogens with zero attached hydrogens (tertiary/aromatic N) is 2. The zero-order valence-electron chi connectivity index (χ0n) is 15.0. The summed E-state index contributed by atoms with van der Waals surface area (Å²) in [5.74, 6) is -2.51. The van der Waals surface area contributed by atoms with Crippen molar-refractivity contribution in [2.24, 2.45) is 0 Å². The Bertz CT molecular complexity index is 870. The molecule has 2 amide bonds. The van der Waals surface area contributed by atoms with Crippen LogP contribution in [0, 0.1) is 18.6 Å². The number of carbonyl (C=O) groups excluding carboxylic acids is 2. The smallest absolute Gasteiger partial charge is 0.254 e. The highest BCUT2D eigenvalue weighted by Gasteiger charge is 2.24. The van der Waals surface area contributed by atoms with Crippen molar-refractivity contribution in [2.45, 2.75) is 6.92 Å². The molecule has 0 aromatic heterocycles. The molecule has 0 N–H and O–H groups in total. The van der Waals surface area contributed by atoms with Crippen LogP contribution in [0.25, 0.3) is 6.08 Å². The fourth-order valence-electron chi connectivity index (χ4n) is 2.89. The van der Waals surface area contributed by atoms with E-state index in [0.717, 1.165) is 23.3 Å². The van der Waals surface area contributed by atoms with Crippen LogP contribution in [-0.4, -0.2) is 47.8 Å². The molecule has 140 valence electrons. The van der Waals surface area contributed by atoms with E-state index in [-0.39, 0.29) is 17.4 Å². The van der Waals surface area contributed by atoms with E-state index in [2.05, 4.69) is 0 Å². The minimum absolute atomic E-state index is 0.105. The maximum absolute atomic E-state index is 13.3. The fraction of sp³-hybridized carbons (Fsp3) is 0.238. The fourth-order valence-corrected chi connectivity index (χ4v) is 2.89. The molecule has 2 aromatic rings. The average molecular weight is 370 g/mol. The van der Waals surface area contributed by atoms with Gasteiger partial charge in [0.2, 0.25) is 5.91 Å². The van der Waals surface area contributed by atoms with Crippen LogP contribution in [-0.2, 0) is 4.79 Å². The molecule has 1 heterocycles. The first-order valence-electron chi connectivity index (χ1n) is 8.72. The Kier molecular flexibility index (Phi) is 5.64. The lowest BCUT2D eigenvalue weighted by Crippen LogP contribution is -2.50. The lowest BCUT2D eigenvalue weighted by Gasteiger charge is -2.34. The third-order valence-corrected chi connectivity index (χ3v) is 4.54. The van der Waals surface area contributed by atoms with Crippen molar-refractivity contribution >= 4 is 17.9 Å². The predicted octanol–water partition coefficient (Wildman–Crippen LogP) is 3.27. The molecular weight excluding hydrogens is 350 g/mol. The maximum Gasteiger partial charge on any atom is 0.254 e. The van der Waals surface area contributed by atoms with Crippen LogP contribution in [0.2, 0.25) is 0 Å². The topological polar surface area (TPSA) is 40.6 Å². The normalized spacial score (nSPS) is 14.6. The van der Waals surface area contributed by atoms with Crippen LogP contribution in [0.1, 0.15) is 21.5 Å². The third kappa shape index (κ3) is 4.58. The van der Waals surface area contributed by atoms with E-state index in [1.54, 1.807) is 15.9 Å². The molecule has 3 rings (SSSR count). The summed E-state index contributed by atoms with van der Waals surface area (Å²) in [6.45, 7) is 3.49. The number of piperazine rings is 1. The lowest BCUT2D eigenvalue weighted by atomic mass is 10.1. The molecule has 0 radical (unpaired) electrons. The number of aryl methyl sites for hydroxylation is 1. The first kappa shape index (κ1) is 18.8. The molecule has 2 aromatic carbocycles.